The van der Waals surface area contributed by atoms with Crippen LogP contribution in [-0.2, 0) is 24.1 Å². The number of sulfone groups is 1. The van der Waals surface area contributed by atoms with E-state index in [0.717, 1.165) is 25.7 Å². The Morgan fingerprint density at radius 1 is 1.25 bits per heavy atom. The second-order valence-corrected chi connectivity index (χ2v) is 9.61. The highest BCUT2D eigenvalue weighted by atomic mass is 32.2. The molecule has 1 spiro atoms. The zero-order chi connectivity index (χ0) is 20.0. The Morgan fingerprint density at radius 3 is 2.64 bits per heavy atom. The van der Waals surface area contributed by atoms with Gasteiger partial charge < -0.3 is 19.5 Å². The van der Waals surface area contributed by atoms with Gasteiger partial charge in [-0.3, -0.25) is 4.79 Å². The molecule has 1 amide bonds. The number of benzene rings is 1. The minimum absolute atomic E-state index is 0.00663. The molecule has 0 aromatic heterocycles. The first-order valence-corrected chi connectivity index (χ1v) is 11.5. The highest BCUT2D eigenvalue weighted by molar-refractivity contribution is 7.91. The summed E-state index contributed by atoms with van der Waals surface area (Å²) in [6.45, 7) is 2.10. The van der Waals surface area contributed by atoms with Crippen LogP contribution in [0.3, 0.4) is 0 Å². The van der Waals surface area contributed by atoms with E-state index in [9.17, 15) is 13.2 Å². The molecule has 0 saturated carbocycles. The van der Waals surface area contributed by atoms with Gasteiger partial charge in [0.15, 0.2) is 9.84 Å². The lowest BCUT2D eigenvalue weighted by Crippen LogP contribution is -2.52. The number of aliphatic hydroxyl groups is 1. The molecule has 1 atom stereocenters. The summed E-state index contributed by atoms with van der Waals surface area (Å²) in [4.78, 5) is 14.5. The number of piperidine rings is 1. The largest absolute Gasteiger partial charge is 0.394 e. The Kier molecular flexibility index (Phi) is 7.09. The average Bonchev–Trinajstić information content (AvgIpc) is 2.72. The van der Waals surface area contributed by atoms with E-state index in [-0.39, 0.29) is 41.3 Å². The van der Waals surface area contributed by atoms with E-state index in [1.54, 1.807) is 35.2 Å². The maximum Gasteiger partial charge on any atom is 0.223 e. The first-order valence-electron chi connectivity index (χ1n) is 9.86. The van der Waals surface area contributed by atoms with Gasteiger partial charge in [0.05, 0.1) is 35.6 Å². The maximum absolute atomic E-state index is 12.5. The molecule has 1 aromatic carbocycles. The zero-order valence-electron chi connectivity index (χ0n) is 16.1. The number of likely N-dealkylation sites (tertiary alicyclic amines) is 1. The number of rotatable bonds is 7. The van der Waals surface area contributed by atoms with Gasteiger partial charge in [0.2, 0.25) is 5.91 Å². The minimum atomic E-state index is -3.45. The maximum atomic E-state index is 12.5. The van der Waals surface area contributed by atoms with Gasteiger partial charge in [-0.2, -0.15) is 0 Å². The van der Waals surface area contributed by atoms with Gasteiger partial charge in [-0.05, 0) is 31.4 Å². The molecular weight excluding hydrogens is 382 g/mol. The lowest BCUT2D eigenvalue weighted by atomic mass is 9.83. The van der Waals surface area contributed by atoms with Crippen LogP contribution in [0.2, 0.25) is 0 Å². The summed E-state index contributed by atoms with van der Waals surface area (Å²) in [5, 5.41) is 8.93. The second kappa shape index (κ2) is 9.35. The fourth-order valence-electron chi connectivity index (χ4n) is 3.98. The van der Waals surface area contributed by atoms with Crippen molar-refractivity contribution in [3.05, 3.63) is 30.3 Å². The molecule has 1 unspecified atom stereocenters. The van der Waals surface area contributed by atoms with E-state index in [2.05, 4.69) is 0 Å². The number of hydrogen-bond acceptors (Lipinski definition) is 6. The summed E-state index contributed by atoms with van der Waals surface area (Å²) >= 11 is 0. The number of amides is 1. The molecule has 2 saturated heterocycles. The van der Waals surface area contributed by atoms with Crippen LogP contribution in [0.15, 0.2) is 35.2 Å². The molecule has 2 fully saturated rings. The number of carbonyl (C=O) groups excluding carboxylic acids is 1. The van der Waals surface area contributed by atoms with Gasteiger partial charge in [-0.25, -0.2) is 8.42 Å². The predicted octanol–water partition coefficient (Wildman–Crippen LogP) is 1.40. The lowest BCUT2D eigenvalue weighted by molar-refractivity contribution is -0.162. The Balaban J connectivity index is 1.49. The van der Waals surface area contributed by atoms with Crippen molar-refractivity contribution < 1.29 is 27.8 Å². The molecule has 1 aromatic rings. The van der Waals surface area contributed by atoms with Crippen molar-refractivity contribution in [3.63, 3.8) is 0 Å². The van der Waals surface area contributed by atoms with E-state index in [1.807, 2.05) is 0 Å². The van der Waals surface area contributed by atoms with Gasteiger partial charge in [0.25, 0.3) is 0 Å². The molecule has 2 aliphatic heterocycles. The number of ether oxygens (including phenoxy) is 2. The van der Waals surface area contributed by atoms with Gasteiger partial charge in [-0.1, -0.05) is 18.2 Å². The van der Waals surface area contributed by atoms with Gasteiger partial charge in [-0.15, -0.1) is 0 Å². The summed E-state index contributed by atoms with van der Waals surface area (Å²) in [5.41, 5.74) is -0.273. The lowest BCUT2D eigenvalue weighted by Gasteiger charge is -2.46. The Hall–Kier alpha value is -1.48. The van der Waals surface area contributed by atoms with Gasteiger partial charge >= 0.3 is 0 Å². The molecular formula is C20H29NO6S. The second-order valence-electron chi connectivity index (χ2n) is 7.50. The molecule has 0 radical (unpaired) electrons. The van der Waals surface area contributed by atoms with E-state index in [0.29, 0.717) is 26.3 Å². The number of carbonyl (C=O) groups is 1. The first kappa shape index (κ1) is 21.2. The minimum Gasteiger partial charge on any atom is -0.394 e. The quantitative estimate of drug-likeness (QED) is 0.729. The molecule has 0 bridgehead atoms. The highest BCUT2D eigenvalue weighted by Gasteiger charge is 2.41. The van der Waals surface area contributed by atoms with E-state index < -0.39 is 9.84 Å². The molecule has 7 nitrogen and oxygen atoms in total. The van der Waals surface area contributed by atoms with Crippen molar-refractivity contribution in [1.29, 1.82) is 0 Å². The molecule has 0 aliphatic carbocycles. The normalized spacial score (nSPS) is 22.3. The summed E-state index contributed by atoms with van der Waals surface area (Å²) in [5.74, 6) is -0.302. The van der Waals surface area contributed by atoms with Crippen molar-refractivity contribution in [3.8, 4) is 0 Å². The molecule has 2 heterocycles. The van der Waals surface area contributed by atoms with Crippen LogP contribution in [0.4, 0.5) is 0 Å². The van der Waals surface area contributed by atoms with Crippen molar-refractivity contribution in [2.75, 3.05) is 38.7 Å². The van der Waals surface area contributed by atoms with Gasteiger partial charge in [0, 0.05) is 32.5 Å². The summed E-state index contributed by atoms with van der Waals surface area (Å²) in [7, 11) is -3.45. The molecule has 3 rings (SSSR count). The molecule has 2 aliphatic rings. The third-order valence-corrected chi connectivity index (χ3v) is 7.34. The summed E-state index contributed by atoms with van der Waals surface area (Å²) in [6.07, 6.45) is 3.12. The van der Waals surface area contributed by atoms with E-state index in [4.69, 9.17) is 14.6 Å². The van der Waals surface area contributed by atoms with E-state index in [1.165, 1.54) is 0 Å². The van der Waals surface area contributed by atoms with Crippen LogP contribution < -0.4 is 0 Å². The standard InChI is InChI=1S/C20H29NO6S/c22-12-14-26-17-6-13-27-20(16-17)8-10-21(11-9-20)19(23)7-15-28(24,25)18-4-2-1-3-5-18/h1-5,17,22H,6-16H2. The highest BCUT2D eigenvalue weighted by Crippen LogP contribution is 2.36. The van der Waals surface area contributed by atoms with Crippen LogP contribution in [-0.4, -0.2) is 74.7 Å². The van der Waals surface area contributed by atoms with Crippen LogP contribution >= 0.6 is 0 Å². The monoisotopic (exact) mass is 411 g/mol. The smallest absolute Gasteiger partial charge is 0.223 e. The summed E-state index contributed by atoms with van der Waals surface area (Å²) < 4.78 is 36.4. The Morgan fingerprint density at radius 2 is 1.96 bits per heavy atom. The van der Waals surface area contributed by atoms with Gasteiger partial charge in [0.1, 0.15) is 0 Å². The van der Waals surface area contributed by atoms with Crippen LogP contribution in [0.25, 0.3) is 0 Å². The van der Waals surface area contributed by atoms with Crippen molar-refractivity contribution >= 4 is 15.7 Å². The van der Waals surface area contributed by atoms with Crippen LogP contribution in [0, 0.1) is 0 Å². The van der Waals surface area contributed by atoms with Crippen LogP contribution in [0.5, 0.6) is 0 Å². The molecule has 156 valence electrons. The topological polar surface area (TPSA) is 93.1 Å². The van der Waals surface area contributed by atoms with Crippen molar-refractivity contribution in [2.24, 2.45) is 0 Å². The van der Waals surface area contributed by atoms with Crippen molar-refractivity contribution in [2.45, 2.75) is 48.7 Å². The molecule has 28 heavy (non-hydrogen) atoms. The fourth-order valence-corrected chi connectivity index (χ4v) is 5.23. The molecule has 8 heteroatoms. The average molecular weight is 412 g/mol. The third kappa shape index (κ3) is 5.31. The third-order valence-electron chi connectivity index (χ3n) is 5.61. The number of aliphatic hydroxyl groups excluding tert-OH is 1. The first-order chi connectivity index (χ1) is 13.4. The Bertz CT molecular complexity index is 743. The zero-order valence-corrected chi connectivity index (χ0v) is 16.9. The van der Waals surface area contributed by atoms with E-state index >= 15 is 0 Å². The van der Waals surface area contributed by atoms with Crippen molar-refractivity contribution in [1.82, 2.24) is 4.90 Å². The number of nitrogens with zero attached hydrogens (tertiary/aromatic N) is 1. The SMILES string of the molecule is O=C(CCS(=O)(=O)c1ccccc1)N1CCC2(CC1)CC(OCCO)CCO2. The fraction of sp³-hybridized carbons (Fsp3) is 0.650. The summed E-state index contributed by atoms with van der Waals surface area (Å²) in [6, 6.07) is 8.24. The number of hydrogen-bond donors (Lipinski definition) is 1. The molecule has 1 N–H and O–H groups in total. The predicted molar refractivity (Wildman–Crippen MR) is 104 cm³/mol. The van der Waals surface area contributed by atoms with Crippen LogP contribution in [0.1, 0.15) is 32.1 Å². The Labute approximate surface area is 166 Å².